The number of rotatable bonds is 5. The molecule has 0 radical (unpaired) electrons. The van der Waals surface area contributed by atoms with E-state index in [-0.39, 0.29) is 28.9 Å². The number of nitrogens with zero attached hydrogens (tertiary/aromatic N) is 3. The highest BCUT2D eigenvalue weighted by atomic mass is 32.2. The first-order chi connectivity index (χ1) is 12.1. The van der Waals surface area contributed by atoms with Crippen molar-refractivity contribution >= 4 is 21.7 Å². The van der Waals surface area contributed by atoms with Crippen LogP contribution in [0.1, 0.15) is 6.42 Å². The largest absolute Gasteiger partial charge is 0.347 e. The van der Waals surface area contributed by atoms with Crippen molar-refractivity contribution in [2.24, 2.45) is 0 Å². The first-order valence-corrected chi connectivity index (χ1v) is 9.94. The van der Waals surface area contributed by atoms with Gasteiger partial charge >= 0.3 is 0 Å². The van der Waals surface area contributed by atoms with E-state index in [1.807, 2.05) is 11.9 Å². The van der Waals surface area contributed by atoms with Crippen molar-refractivity contribution < 1.29 is 22.4 Å². The number of amides is 2. The third-order valence-corrected chi connectivity index (χ3v) is 6.12. The van der Waals surface area contributed by atoms with Gasteiger partial charge in [-0.1, -0.05) is 0 Å². The third-order valence-electron chi connectivity index (χ3n) is 4.39. The van der Waals surface area contributed by atoms with Gasteiger partial charge in [-0.3, -0.25) is 9.59 Å². The number of halogens is 1. The van der Waals surface area contributed by atoms with E-state index in [1.54, 1.807) is 14.1 Å². The van der Waals surface area contributed by atoms with Gasteiger partial charge in [0.25, 0.3) is 0 Å². The topological polar surface area (TPSA) is 78.0 Å². The SMILES string of the molecule is CN1CCN(C(=O)CCS(=O)(=O)c2ccc(F)cc2)C(C(=O)N(C)C)C1. The second kappa shape index (κ2) is 8.13. The molecule has 9 heteroatoms. The van der Waals surface area contributed by atoms with E-state index in [0.717, 1.165) is 12.1 Å². The van der Waals surface area contributed by atoms with Crippen LogP contribution in [0.2, 0.25) is 0 Å². The van der Waals surface area contributed by atoms with Crippen LogP contribution in [-0.4, -0.2) is 87.5 Å². The van der Waals surface area contributed by atoms with E-state index in [1.165, 1.54) is 21.9 Å². The Bertz CT molecular complexity index is 765. The predicted octanol–water partition coefficient (Wildman–Crippen LogP) is 0.220. The van der Waals surface area contributed by atoms with Crippen molar-refractivity contribution in [2.45, 2.75) is 17.4 Å². The molecule has 0 spiro atoms. The lowest BCUT2D eigenvalue weighted by atomic mass is 10.1. The highest BCUT2D eigenvalue weighted by Gasteiger charge is 2.35. The molecule has 1 unspecified atom stereocenters. The standard InChI is InChI=1S/C17H24FN3O4S/c1-19(2)17(23)15-12-20(3)9-10-21(15)16(22)8-11-26(24,25)14-6-4-13(18)5-7-14/h4-7,15H,8-12H2,1-3H3. The van der Waals surface area contributed by atoms with Crippen molar-refractivity contribution in [3.8, 4) is 0 Å². The molecule has 1 aromatic rings. The molecule has 0 aromatic heterocycles. The number of piperazine rings is 1. The van der Waals surface area contributed by atoms with Crippen molar-refractivity contribution in [1.29, 1.82) is 0 Å². The lowest BCUT2D eigenvalue weighted by molar-refractivity contribution is -0.147. The minimum Gasteiger partial charge on any atom is -0.347 e. The minimum absolute atomic E-state index is 0.0222. The molecule has 144 valence electrons. The van der Waals surface area contributed by atoms with E-state index in [4.69, 9.17) is 0 Å². The number of likely N-dealkylation sites (N-methyl/N-ethyl adjacent to an activating group) is 2. The molecule has 1 fully saturated rings. The normalized spacial score (nSPS) is 18.6. The fourth-order valence-corrected chi connectivity index (χ4v) is 4.08. The van der Waals surface area contributed by atoms with Crippen molar-refractivity contribution in [3.63, 3.8) is 0 Å². The molecule has 1 aliphatic heterocycles. The van der Waals surface area contributed by atoms with E-state index in [2.05, 4.69) is 0 Å². The number of carbonyl (C=O) groups excluding carboxylic acids is 2. The van der Waals surface area contributed by atoms with Gasteiger partial charge in [0.2, 0.25) is 11.8 Å². The van der Waals surface area contributed by atoms with E-state index in [0.29, 0.717) is 19.6 Å². The smallest absolute Gasteiger partial charge is 0.246 e. The van der Waals surface area contributed by atoms with Crippen LogP contribution < -0.4 is 0 Å². The molecule has 0 aliphatic carbocycles. The van der Waals surface area contributed by atoms with Crippen LogP contribution in [0.5, 0.6) is 0 Å². The molecule has 2 amide bonds. The molecule has 1 atom stereocenters. The van der Waals surface area contributed by atoms with Crippen molar-refractivity contribution in [1.82, 2.24) is 14.7 Å². The predicted molar refractivity (Wildman–Crippen MR) is 94.8 cm³/mol. The Morgan fingerprint density at radius 2 is 1.81 bits per heavy atom. The van der Waals surface area contributed by atoms with Crippen LogP contribution >= 0.6 is 0 Å². The van der Waals surface area contributed by atoms with Crippen LogP contribution in [0.4, 0.5) is 4.39 Å². The Hall–Kier alpha value is -2.00. The zero-order chi connectivity index (χ0) is 19.5. The summed E-state index contributed by atoms with van der Waals surface area (Å²) in [7, 11) is 1.42. The summed E-state index contributed by atoms with van der Waals surface area (Å²) in [6.45, 7) is 1.40. The molecular formula is C17H24FN3O4S. The zero-order valence-corrected chi connectivity index (χ0v) is 16.0. The lowest BCUT2D eigenvalue weighted by Crippen LogP contribution is -2.59. The van der Waals surface area contributed by atoms with Crippen LogP contribution in [0.15, 0.2) is 29.2 Å². The number of carbonyl (C=O) groups is 2. The van der Waals surface area contributed by atoms with E-state index in [9.17, 15) is 22.4 Å². The minimum atomic E-state index is -3.70. The van der Waals surface area contributed by atoms with E-state index < -0.39 is 21.7 Å². The van der Waals surface area contributed by atoms with Gasteiger partial charge in [-0.25, -0.2) is 12.8 Å². The molecule has 0 bridgehead atoms. The van der Waals surface area contributed by atoms with Crippen LogP contribution in [-0.2, 0) is 19.4 Å². The fraction of sp³-hybridized carbons (Fsp3) is 0.529. The molecular weight excluding hydrogens is 361 g/mol. The molecule has 0 N–H and O–H groups in total. The number of sulfone groups is 1. The summed E-state index contributed by atoms with van der Waals surface area (Å²) in [6.07, 6.45) is -0.222. The maximum Gasteiger partial charge on any atom is 0.246 e. The van der Waals surface area contributed by atoms with Gasteiger partial charge in [0.1, 0.15) is 11.9 Å². The van der Waals surface area contributed by atoms with E-state index >= 15 is 0 Å². The average Bonchev–Trinajstić information content (AvgIpc) is 2.59. The second-order valence-corrected chi connectivity index (χ2v) is 8.73. The van der Waals surface area contributed by atoms with Crippen LogP contribution in [0.3, 0.4) is 0 Å². The van der Waals surface area contributed by atoms with Gasteiger partial charge in [-0.2, -0.15) is 0 Å². The second-order valence-electron chi connectivity index (χ2n) is 6.62. The molecule has 1 aromatic carbocycles. The summed E-state index contributed by atoms with van der Waals surface area (Å²) in [6, 6.07) is 3.89. The molecule has 1 saturated heterocycles. The summed E-state index contributed by atoms with van der Waals surface area (Å²) in [4.78, 5) is 29.8. The fourth-order valence-electron chi connectivity index (χ4n) is 2.85. The third kappa shape index (κ3) is 4.79. The molecule has 0 saturated carbocycles. The Kier molecular flexibility index (Phi) is 6.35. The maximum absolute atomic E-state index is 13.0. The summed E-state index contributed by atoms with van der Waals surface area (Å²) in [5.41, 5.74) is 0. The molecule has 2 rings (SSSR count). The molecule has 1 aliphatic rings. The number of benzene rings is 1. The van der Waals surface area contributed by atoms with Gasteiger partial charge in [0, 0.05) is 40.2 Å². The van der Waals surface area contributed by atoms with Crippen molar-refractivity contribution in [2.75, 3.05) is 46.5 Å². The number of hydrogen-bond acceptors (Lipinski definition) is 5. The Labute approximate surface area is 153 Å². The van der Waals surface area contributed by atoms with Gasteiger partial charge < -0.3 is 14.7 Å². The molecule has 1 heterocycles. The first-order valence-electron chi connectivity index (χ1n) is 8.29. The lowest BCUT2D eigenvalue weighted by Gasteiger charge is -2.40. The monoisotopic (exact) mass is 385 g/mol. The highest BCUT2D eigenvalue weighted by Crippen LogP contribution is 2.16. The van der Waals surface area contributed by atoms with Crippen molar-refractivity contribution in [3.05, 3.63) is 30.1 Å². The van der Waals surface area contributed by atoms with Gasteiger partial charge in [-0.05, 0) is 31.3 Å². The quantitative estimate of drug-likeness (QED) is 0.678. The summed E-state index contributed by atoms with van der Waals surface area (Å²) in [5.74, 6) is -1.47. The highest BCUT2D eigenvalue weighted by molar-refractivity contribution is 7.91. The Morgan fingerprint density at radius 1 is 1.19 bits per heavy atom. The summed E-state index contributed by atoms with van der Waals surface area (Å²) >= 11 is 0. The van der Waals surface area contributed by atoms with Gasteiger partial charge in [0.15, 0.2) is 9.84 Å². The van der Waals surface area contributed by atoms with Crippen LogP contribution in [0.25, 0.3) is 0 Å². The average molecular weight is 385 g/mol. The maximum atomic E-state index is 13.0. The summed E-state index contributed by atoms with van der Waals surface area (Å²) < 4.78 is 37.6. The summed E-state index contributed by atoms with van der Waals surface area (Å²) in [5, 5.41) is 0. The molecule has 7 nitrogen and oxygen atoms in total. The zero-order valence-electron chi connectivity index (χ0n) is 15.2. The Morgan fingerprint density at radius 3 is 2.38 bits per heavy atom. The van der Waals surface area contributed by atoms with Gasteiger partial charge in [-0.15, -0.1) is 0 Å². The number of hydrogen-bond donors (Lipinski definition) is 0. The molecule has 26 heavy (non-hydrogen) atoms. The van der Waals surface area contributed by atoms with Gasteiger partial charge in [0.05, 0.1) is 10.6 Å². The first kappa shape index (κ1) is 20.3. The Balaban J connectivity index is 2.07. The van der Waals surface area contributed by atoms with Crippen LogP contribution in [0, 0.1) is 5.82 Å².